The molecule has 1 rings (SSSR count). The second-order valence-corrected chi connectivity index (χ2v) is 4.81. The molecule has 3 heteroatoms. The molecule has 0 fully saturated rings. The third-order valence-electron chi connectivity index (χ3n) is 2.51. The number of aliphatic hydroxyl groups excluding tert-OH is 1. The van der Waals surface area contributed by atoms with E-state index in [4.69, 9.17) is 5.11 Å². The van der Waals surface area contributed by atoms with E-state index in [1.165, 1.54) is 12.5 Å². The first-order valence-corrected chi connectivity index (χ1v) is 6.02. The van der Waals surface area contributed by atoms with Gasteiger partial charge in [-0.25, -0.2) is 0 Å². The van der Waals surface area contributed by atoms with Gasteiger partial charge in [0.15, 0.2) is 0 Å². The summed E-state index contributed by atoms with van der Waals surface area (Å²) >= 11 is 0. The van der Waals surface area contributed by atoms with Gasteiger partial charge in [-0.1, -0.05) is 38.1 Å². The molecule has 2 N–H and O–H groups in total. The van der Waals surface area contributed by atoms with Crippen LogP contribution < -0.4 is 5.32 Å². The fourth-order valence-electron chi connectivity index (χ4n) is 1.60. The van der Waals surface area contributed by atoms with Gasteiger partial charge in [0, 0.05) is 6.54 Å². The maximum Gasteiger partial charge on any atom is 0.248 e. The van der Waals surface area contributed by atoms with E-state index in [-0.39, 0.29) is 5.91 Å². The Kier molecular flexibility index (Phi) is 5.16. The number of nitrogens with one attached hydrogen (secondary N) is 1. The summed E-state index contributed by atoms with van der Waals surface area (Å²) in [4.78, 5) is 11.2. The molecule has 1 aromatic rings. The first kappa shape index (κ1) is 13.7. The Bertz CT molecular complexity index is 355. The quantitative estimate of drug-likeness (QED) is 0.818. The Balaban J connectivity index is 2.48. The summed E-state index contributed by atoms with van der Waals surface area (Å²) in [5.41, 5.74) is 2.36. The van der Waals surface area contributed by atoms with Gasteiger partial charge >= 0.3 is 0 Å². The van der Waals surface area contributed by atoms with E-state index in [1.807, 2.05) is 12.1 Å². The molecule has 0 radical (unpaired) electrons. The predicted molar refractivity (Wildman–Crippen MR) is 68.5 cm³/mol. The van der Waals surface area contributed by atoms with Gasteiger partial charge in [-0.15, -0.1) is 0 Å². The average molecular weight is 235 g/mol. The van der Waals surface area contributed by atoms with E-state index in [9.17, 15) is 4.79 Å². The molecule has 0 heterocycles. The lowest BCUT2D eigenvalue weighted by Gasteiger charge is -2.09. The summed E-state index contributed by atoms with van der Waals surface area (Å²) in [6.07, 6.45) is 0.121. The monoisotopic (exact) mass is 235 g/mol. The summed E-state index contributed by atoms with van der Waals surface area (Å²) in [5.74, 6) is 0.312. The highest BCUT2D eigenvalue weighted by Gasteiger charge is 2.07. The highest BCUT2D eigenvalue weighted by Crippen LogP contribution is 2.09. The fraction of sp³-hybridized carbons (Fsp3) is 0.500. The van der Waals surface area contributed by atoms with Crippen LogP contribution in [-0.4, -0.2) is 17.1 Å². The lowest BCUT2D eigenvalue weighted by atomic mass is 10.0. The first-order chi connectivity index (χ1) is 7.99. The minimum atomic E-state index is -0.949. The number of rotatable bonds is 5. The minimum Gasteiger partial charge on any atom is -0.384 e. The van der Waals surface area contributed by atoms with Crippen molar-refractivity contribution in [3.8, 4) is 0 Å². The summed E-state index contributed by atoms with van der Waals surface area (Å²) in [6.45, 7) is 6.31. The van der Waals surface area contributed by atoms with E-state index in [2.05, 4.69) is 31.3 Å². The van der Waals surface area contributed by atoms with Crippen molar-refractivity contribution in [2.24, 2.45) is 5.92 Å². The maximum absolute atomic E-state index is 11.2. The summed E-state index contributed by atoms with van der Waals surface area (Å²) in [7, 11) is 0. The molecule has 0 spiro atoms. The second kappa shape index (κ2) is 6.40. The Morgan fingerprint density at radius 3 is 2.18 bits per heavy atom. The molecule has 3 nitrogen and oxygen atoms in total. The Morgan fingerprint density at radius 2 is 1.71 bits per heavy atom. The number of amides is 1. The lowest BCUT2D eigenvalue weighted by molar-refractivity contribution is -0.128. The number of hydrogen-bond donors (Lipinski definition) is 2. The predicted octanol–water partition coefficient (Wildman–Crippen LogP) is 1.88. The van der Waals surface area contributed by atoms with Gasteiger partial charge in [0.05, 0.1) is 0 Å². The lowest BCUT2D eigenvalue weighted by Crippen LogP contribution is -2.31. The van der Waals surface area contributed by atoms with Crippen LogP contribution in [0.4, 0.5) is 0 Å². The van der Waals surface area contributed by atoms with Crippen LogP contribution in [0.3, 0.4) is 0 Å². The van der Waals surface area contributed by atoms with Crippen molar-refractivity contribution < 1.29 is 9.90 Å². The van der Waals surface area contributed by atoms with Crippen LogP contribution in [0.1, 0.15) is 31.9 Å². The third kappa shape index (κ3) is 5.00. The Hall–Kier alpha value is -1.35. The largest absolute Gasteiger partial charge is 0.384 e. The number of carbonyl (C=O) groups excluding carboxylic acids is 1. The molecule has 0 saturated heterocycles. The molecule has 1 unspecified atom stereocenters. The zero-order valence-corrected chi connectivity index (χ0v) is 10.7. The molecule has 1 atom stereocenters. The van der Waals surface area contributed by atoms with Crippen molar-refractivity contribution in [2.75, 3.05) is 0 Å². The summed E-state index contributed by atoms with van der Waals surface area (Å²) in [6, 6.07) is 8.20. The number of hydrogen-bond acceptors (Lipinski definition) is 2. The van der Waals surface area contributed by atoms with Crippen molar-refractivity contribution in [3.05, 3.63) is 35.4 Å². The summed E-state index contributed by atoms with van der Waals surface area (Å²) < 4.78 is 0. The number of benzene rings is 1. The topological polar surface area (TPSA) is 49.3 Å². The van der Waals surface area contributed by atoms with Crippen molar-refractivity contribution in [2.45, 2.75) is 39.8 Å². The van der Waals surface area contributed by atoms with Gasteiger partial charge in [-0.05, 0) is 30.4 Å². The van der Waals surface area contributed by atoms with Crippen molar-refractivity contribution in [1.29, 1.82) is 0 Å². The van der Waals surface area contributed by atoms with E-state index in [0.717, 1.165) is 12.0 Å². The Morgan fingerprint density at radius 1 is 1.18 bits per heavy atom. The molecule has 0 aliphatic rings. The molecular weight excluding hydrogens is 214 g/mol. The zero-order valence-electron chi connectivity index (χ0n) is 10.7. The highest BCUT2D eigenvalue weighted by molar-refractivity contribution is 5.79. The van der Waals surface area contributed by atoms with Gasteiger partial charge < -0.3 is 10.4 Å². The van der Waals surface area contributed by atoms with E-state index in [0.29, 0.717) is 12.5 Å². The third-order valence-corrected chi connectivity index (χ3v) is 2.51. The Labute approximate surface area is 103 Å². The first-order valence-electron chi connectivity index (χ1n) is 6.02. The molecule has 1 amide bonds. The fourth-order valence-corrected chi connectivity index (χ4v) is 1.60. The standard InChI is InChI=1S/C14H21NO2/c1-10(2)8-12-4-6-13(7-5-12)9-15-14(17)11(3)16/h4-7,10-11,16H,8-9H2,1-3H3,(H,15,17). The van der Waals surface area contributed by atoms with Crippen LogP contribution in [0.25, 0.3) is 0 Å². The molecule has 94 valence electrons. The van der Waals surface area contributed by atoms with Crippen LogP contribution in [0.2, 0.25) is 0 Å². The van der Waals surface area contributed by atoms with E-state index < -0.39 is 6.10 Å². The molecule has 0 saturated carbocycles. The van der Waals surface area contributed by atoms with Crippen molar-refractivity contribution in [1.82, 2.24) is 5.32 Å². The normalized spacial score (nSPS) is 12.5. The highest BCUT2D eigenvalue weighted by atomic mass is 16.3. The molecule has 0 aliphatic heterocycles. The number of carbonyl (C=O) groups is 1. The van der Waals surface area contributed by atoms with E-state index >= 15 is 0 Å². The maximum atomic E-state index is 11.2. The van der Waals surface area contributed by atoms with Gasteiger partial charge in [0.1, 0.15) is 6.10 Å². The van der Waals surface area contributed by atoms with Crippen LogP contribution in [0.15, 0.2) is 24.3 Å². The van der Waals surface area contributed by atoms with Gasteiger partial charge in [-0.3, -0.25) is 4.79 Å². The van der Waals surface area contributed by atoms with Crippen LogP contribution in [0.5, 0.6) is 0 Å². The number of aliphatic hydroxyl groups is 1. The van der Waals surface area contributed by atoms with Crippen LogP contribution >= 0.6 is 0 Å². The van der Waals surface area contributed by atoms with Gasteiger partial charge in [0.25, 0.3) is 0 Å². The van der Waals surface area contributed by atoms with Gasteiger partial charge in [-0.2, -0.15) is 0 Å². The zero-order chi connectivity index (χ0) is 12.8. The molecule has 17 heavy (non-hydrogen) atoms. The van der Waals surface area contributed by atoms with Crippen LogP contribution in [0, 0.1) is 5.92 Å². The average Bonchev–Trinajstić information content (AvgIpc) is 2.26. The summed E-state index contributed by atoms with van der Waals surface area (Å²) in [5, 5.41) is 11.7. The smallest absolute Gasteiger partial charge is 0.248 e. The van der Waals surface area contributed by atoms with Crippen LogP contribution in [-0.2, 0) is 17.8 Å². The van der Waals surface area contributed by atoms with Gasteiger partial charge in [0.2, 0.25) is 5.91 Å². The molecular formula is C14H21NO2. The SMILES string of the molecule is CC(C)Cc1ccc(CNC(=O)C(C)O)cc1. The molecule has 0 aliphatic carbocycles. The minimum absolute atomic E-state index is 0.337. The van der Waals surface area contributed by atoms with Crippen molar-refractivity contribution >= 4 is 5.91 Å². The second-order valence-electron chi connectivity index (χ2n) is 4.81. The molecule has 0 aromatic heterocycles. The van der Waals surface area contributed by atoms with E-state index in [1.54, 1.807) is 0 Å². The van der Waals surface area contributed by atoms with Crippen molar-refractivity contribution in [3.63, 3.8) is 0 Å². The molecule has 1 aromatic carbocycles. The molecule has 0 bridgehead atoms.